The van der Waals surface area contributed by atoms with E-state index in [1.807, 2.05) is 26.0 Å². The molecular weight excluding hydrogens is 245 g/mol. The molecule has 0 aliphatic carbocycles. The van der Waals surface area contributed by atoms with Crippen molar-refractivity contribution in [3.8, 4) is 0 Å². The monoisotopic (exact) mass is 261 g/mol. The van der Waals surface area contributed by atoms with E-state index in [0.29, 0.717) is 16.7 Å². The van der Waals surface area contributed by atoms with Crippen LogP contribution in [0.4, 0.5) is 0 Å². The Morgan fingerprint density at radius 1 is 1.31 bits per heavy atom. The Morgan fingerprint density at radius 2 is 2.00 bits per heavy atom. The predicted octanol–water partition coefficient (Wildman–Crippen LogP) is 3.29. The van der Waals surface area contributed by atoms with Crippen molar-refractivity contribution in [2.24, 2.45) is 5.73 Å². The van der Waals surface area contributed by atoms with Crippen molar-refractivity contribution >= 4 is 23.2 Å². The number of halogens is 2. The molecule has 0 amide bonds. The topological polar surface area (TPSA) is 35.2 Å². The van der Waals surface area contributed by atoms with Gasteiger partial charge in [0.2, 0.25) is 0 Å². The Kier molecular flexibility index (Phi) is 5.56. The summed E-state index contributed by atoms with van der Waals surface area (Å²) in [6, 6.07) is 5.55. The molecule has 0 fully saturated rings. The molecule has 0 saturated carbocycles. The van der Waals surface area contributed by atoms with Crippen molar-refractivity contribution in [1.82, 2.24) is 0 Å². The summed E-state index contributed by atoms with van der Waals surface area (Å²) in [5, 5.41) is 1.13. The van der Waals surface area contributed by atoms with Gasteiger partial charge >= 0.3 is 0 Å². The fourth-order valence-electron chi connectivity index (χ4n) is 1.49. The fraction of sp³-hybridized carbons (Fsp3) is 0.500. The highest BCUT2D eigenvalue weighted by molar-refractivity contribution is 6.42. The SMILES string of the molecule is CCOC(C)C(N)Cc1ccc(Cl)c(Cl)c1. The summed E-state index contributed by atoms with van der Waals surface area (Å²) < 4.78 is 5.45. The van der Waals surface area contributed by atoms with E-state index >= 15 is 0 Å². The maximum Gasteiger partial charge on any atom is 0.0700 e. The lowest BCUT2D eigenvalue weighted by Crippen LogP contribution is -2.36. The number of rotatable bonds is 5. The molecule has 0 aliphatic heterocycles. The highest BCUT2D eigenvalue weighted by atomic mass is 35.5. The first-order valence-electron chi connectivity index (χ1n) is 5.35. The van der Waals surface area contributed by atoms with Crippen LogP contribution in [0.25, 0.3) is 0 Å². The van der Waals surface area contributed by atoms with Crippen LogP contribution < -0.4 is 5.73 Å². The number of ether oxygens (including phenoxy) is 1. The highest BCUT2D eigenvalue weighted by Crippen LogP contribution is 2.23. The van der Waals surface area contributed by atoms with E-state index in [1.165, 1.54) is 0 Å². The molecule has 0 heterocycles. The molecule has 0 spiro atoms. The number of hydrogen-bond donors (Lipinski definition) is 1. The van der Waals surface area contributed by atoms with E-state index < -0.39 is 0 Å². The van der Waals surface area contributed by atoms with Gasteiger partial charge in [-0.25, -0.2) is 0 Å². The largest absolute Gasteiger partial charge is 0.377 e. The van der Waals surface area contributed by atoms with Crippen LogP contribution in [0, 0.1) is 0 Å². The molecule has 1 rings (SSSR count). The fourth-order valence-corrected chi connectivity index (χ4v) is 1.81. The van der Waals surface area contributed by atoms with Crippen LogP contribution in [0.5, 0.6) is 0 Å². The van der Waals surface area contributed by atoms with E-state index in [-0.39, 0.29) is 12.1 Å². The molecule has 0 saturated heterocycles. The average molecular weight is 262 g/mol. The molecule has 0 bridgehead atoms. The minimum absolute atomic E-state index is 0.0304. The minimum Gasteiger partial charge on any atom is -0.377 e. The molecule has 0 aliphatic rings. The maximum absolute atomic E-state index is 6.02. The van der Waals surface area contributed by atoms with E-state index in [9.17, 15) is 0 Å². The van der Waals surface area contributed by atoms with Gasteiger partial charge in [-0.1, -0.05) is 29.3 Å². The zero-order valence-corrected chi connectivity index (χ0v) is 11.1. The molecule has 1 aromatic carbocycles. The van der Waals surface area contributed by atoms with Crippen molar-refractivity contribution in [2.45, 2.75) is 32.4 Å². The Labute approximate surface area is 107 Å². The predicted molar refractivity (Wildman–Crippen MR) is 69.2 cm³/mol. The highest BCUT2D eigenvalue weighted by Gasteiger charge is 2.13. The van der Waals surface area contributed by atoms with Gasteiger partial charge in [-0.2, -0.15) is 0 Å². The third kappa shape index (κ3) is 3.95. The Bertz CT molecular complexity index is 344. The van der Waals surface area contributed by atoms with Crippen molar-refractivity contribution in [1.29, 1.82) is 0 Å². The van der Waals surface area contributed by atoms with Crippen LogP contribution in [-0.2, 0) is 11.2 Å². The second-order valence-electron chi connectivity index (χ2n) is 3.78. The van der Waals surface area contributed by atoms with Crippen LogP contribution in [0.1, 0.15) is 19.4 Å². The third-order valence-corrected chi connectivity index (χ3v) is 3.23. The molecule has 0 aromatic heterocycles. The second-order valence-corrected chi connectivity index (χ2v) is 4.59. The van der Waals surface area contributed by atoms with E-state index in [1.54, 1.807) is 6.07 Å². The Morgan fingerprint density at radius 3 is 2.56 bits per heavy atom. The Hall–Kier alpha value is -0.280. The van der Waals surface area contributed by atoms with Crippen LogP contribution >= 0.6 is 23.2 Å². The average Bonchev–Trinajstić information content (AvgIpc) is 2.24. The first-order chi connectivity index (χ1) is 7.54. The van der Waals surface area contributed by atoms with Crippen molar-refractivity contribution < 1.29 is 4.74 Å². The summed E-state index contributed by atoms with van der Waals surface area (Å²) >= 11 is 11.8. The van der Waals surface area contributed by atoms with Gasteiger partial charge in [0.25, 0.3) is 0 Å². The van der Waals surface area contributed by atoms with Crippen LogP contribution in [0.2, 0.25) is 10.0 Å². The first-order valence-corrected chi connectivity index (χ1v) is 6.11. The summed E-state index contributed by atoms with van der Waals surface area (Å²) in [5.74, 6) is 0. The molecule has 2 unspecified atom stereocenters. The summed E-state index contributed by atoms with van der Waals surface area (Å²) in [5.41, 5.74) is 7.10. The summed E-state index contributed by atoms with van der Waals surface area (Å²) in [6.07, 6.45) is 0.775. The number of nitrogens with two attached hydrogens (primary N) is 1. The lowest BCUT2D eigenvalue weighted by atomic mass is 10.0. The van der Waals surface area contributed by atoms with Crippen molar-refractivity contribution in [3.63, 3.8) is 0 Å². The molecule has 1 aromatic rings. The quantitative estimate of drug-likeness (QED) is 0.883. The van der Waals surface area contributed by atoms with Gasteiger partial charge < -0.3 is 10.5 Å². The lowest BCUT2D eigenvalue weighted by Gasteiger charge is -2.19. The summed E-state index contributed by atoms with van der Waals surface area (Å²) in [7, 11) is 0. The second kappa shape index (κ2) is 6.45. The van der Waals surface area contributed by atoms with Crippen LogP contribution in [-0.4, -0.2) is 18.8 Å². The molecule has 2 nitrogen and oxygen atoms in total. The molecule has 2 atom stereocenters. The van der Waals surface area contributed by atoms with Crippen molar-refractivity contribution in [2.75, 3.05) is 6.61 Å². The number of hydrogen-bond acceptors (Lipinski definition) is 2. The third-order valence-electron chi connectivity index (χ3n) is 2.49. The molecular formula is C12H17Cl2NO. The van der Waals surface area contributed by atoms with Crippen molar-refractivity contribution in [3.05, 3.63) is 33.8 Å². The smallest absolute Gasteiger partial charge is 0.0700 e. The molecule has 0 radical (unpaired) electrons. The van der Waals surface area contributed by atoms with Gasteiger partial charge in [-0.3, -0.25) is 0 Å². The molecule has 2 N–H and O–H groups in total. The summed E-state index contributed by atoms with van der Waals surface area (Å²) in [4.78, 5) is 0. The van der Waals surface area contributed by atoms with Crippen LogP contribution in [0.15, 0.2) is 18.2 Å². The van der Waals surface area contributed by atoms with E-state index in [4.69, 9.17) is 33.7 Å². The number of benzene rings is 1. The van der Waals surface area contributed by atoms with Gasteiger partial charge in [0.15, 0.2) is 0 Å². The normalized spacial score (nSPS) is 14.8. The zero-order chi connectivity index (χ0) is 12.1. The van der Waals surface area contributed by atoms with Gasteiger partial charge in [0, 0.05) is 12.6 Å². The molecule has 4 heteroatoms. The van der Waals surface area contributed by atoms with Gasteiger partial charge in [-0.05, 0) is 38.0 Å². The van der Waals surface area contributed by atoms with E-state index in [2.05, 4.69) is 0 Å². The summed E-state index contributed by atoms with van der Waals surface area (Å²) in [6.45, 7) is 4.62. The van der Waals surface area contributed by atoms with Gasteiger partial charge in [0.1, 0.15) is 0 Å². The zero-order valence-electron chi connectivity index (χ0n) is 9.54. The van der Waals surface area contributed by atoms with Gasteiger partial charge in [0.05, 0.1) is 16.1 Å². The maximum atomic E-state index is 6.02. The Balaban J connectivity index is 2.62. The van der Waals surface area contributed by atoms with Crippen LogP contribution in [0.3, 0.4) is 0 Å². The first kappa shape index (κ1) is 13.8. The van der Waals surface area contributed by atoms with Gasteiger partial charge in [-0.15, -0.1) is 0 Å². The minimum atomic E-state index is -0.0304. The lowest BCUT2D eigenvalue weighted by molar-refractivity contribution is 0.0577. The standard InChI is InChI=1S/C12H17Cl2NO/c1-3-16-8(2)12(15)7-9-4-5-10(13)11(14)6-9/h4-6,8,12H,3,7,15H2,1-2H3. The molecule has 16 heavy (non-hydrogen) atoms. The van der Waals surface area contributed by atoms with E-state index in [0.717, 1.165) is 12.0 Å². The molecule has 90 valence electrons.